The molecule has 0 amide bonds. The van der Waals surface area contributed by atoms with E-state index in [1.54, 1.807) is 0 Å². The fourth-order valence-electron chi connectivity index (χ4n) is 1.63. The molecule has 1 aliphatic carbocycles. The van der Waals surface area contributed by atoms with Gasteiger partial charge in [-0.15, -0.1) is 6.42 Å². The Labute approximate surface area is 85.3 Å². The number of rotatable bonds is 1. The summed E-state index contributed by atoms with van der Waals surface area (Å²) in [5.74, 6) is 2.44. The van der Waals surface area contributed by atoms with E-state index < -0.39 is 17.3 Å². The van der Waals surface area contributed by atoms with Crippen molar-refractivity contribution in [3.63, 3.8) is 0 Å². The maximum absolute atomic E-state index is 12.6. The number of alkyl halides is 3. The monoisotopic (exact) mass is 211 g/mol. The van der Waals surface area contributed by atoms with Crippen molar-refractivity contribution in [1.29, 1.82) is 0 Å². The van der Waals surface area contributed by atoms with Crippen molar-refractivity contribution in [2.24, 2.45) is 0 Å². The van der Waals surface area contributed by atoms with Gasteiger partial charge in [-0.2, -0.15) is 13.2 Å². The predicted octanol–water partition coefficient (Wildman–Crippen LogP) is 2.77. The van der Waals surface area contributed by atoms with Gasteiger partial charge in [0.25, 0.3) is 0 Å². The number of nitrogens with zero attached hydrogens (tertiary/aromatic N) is 1. The number of terminal acetylenes is 1. The summed E-state index contributed by atoms with van der Waals surface area (Å²) in [6.07, 6.45) is 3.20. The van der Waals surface area contributed by atoms with Crippen molar-refractivity contribution in [3.8, 4) is 12.3 Å². The highest BCUT2D eigenvalue weighted by Crippen LogP contribution is 2.50. The molecule has 0 aromatic carbocycles. The average Bonchev–Trinajstić information content (AvgIpc) is 2.97. The van der Waals surface area contributed by atoms with Crippen LogP contribution in [-0.2, 0) is 11.6 Å². The summed E-state index contributed by atoms with van der Waals surface area (Å²) in [4.78, 5) is 3.38. The smallest absolute Gasteiger partial charge is 0.251 e. The van der Waals surface area contributed by atoms with Crippen molar-refractivity contribution in [1.82, 2.24) is 4.98 Å². The van der Waals surface area contributed by atoms with Crippen molar-refractivity contribution >= 4 is 0 Å². The SMILES string of the molecule is C#CC1(c2cccnc2C(F)(F)F)CC1. The van der Waals surface area contributed by atoms with Crippen LogP contribution in [0.25, 0.3) is 0 Å². The van der Waals surface area contributed by atoms with Crippen LogP contribution in [0.2, 0.25) is 0 Å². The van der Waals surface area contributed by atoms with Gasteiger partial charge < -0.3 is 0 Å². The van der Waals surface area contributed by atoms with E-state index in [1.165, 1.54) is 12.1 Å². The molecule has 2 rings (SSSR count). The van der Waals surface area contributed by atoms with Gasteiger partial charge in [-0.1, -0.05) is 12.0 Å². The zero-order valence-electron chi connectivity index (χ0n) is 7.80. The fourth-order valence-corrected chi connectivity index (χ4v) is 1.63. The summed E-state index contributed by atoms with van der Waals surface area (Å²) in [6, 6.07) is 2.91. The molecule has 0 aliphatic heterocycles. The van der Waals surface area contributed by atoms with Crippen LogP contribution in [0.15, 0.2) is 18.3 Å². The Morgan fingerprint density at radius 1 is 1.40 bits per heavy atom. The second kappa shape index (κ2) is 2.99. The highest BCUT2D eigenvalue weighted by atomic mass is 19.4. The lowest BCUT2D eigenvalue weighted by Crippen LogP contribution is -2.16. The van der Waals surface area contributed by atoms with Gasteiger partial charge in [-0.25, -0.2) is 0 Å². The molecule has 1 aromatic rings. The zero-order valence-corrected chi connectivity index (χ0v) is 7.80. The molecular weight excluding hydrogens is 203 g/mol. The molecule has 0 atom stereocenters. The van der Waals surface area contributed by atoms with Crippen LogP contribution in [0.5, 0.6) is 0 Å². The van der Waals surface area contributed by atoms with Gasteiger partial charge in [-0.05, 0) is 18.9 Å². The molecule has 1 fully saturated rings. The van der Waals surface area contributed by atoms with Crippen LogP contribution in [-0.4, -0.2) is 4.98 Å². The minimum absolute atomic E-state index is 0.139. The van der Waals surface area contributed by atoms with E-state index in [0.717, 1.165) is 6.20 Å². The van der Waals surface area contributed by atoms with Crippen LogP contribution in [0.3, 0.4) is 0 Å². The largest absolute Gasteiger partial charge is 0.433 e. The molecule has 1 aliphatic rings. The van der Waals surface area contributed by atoms with E-state index in [2.05, 4.69) is 10.9 Å². The molecule has 78 valence electrons. The van der Waals surface area contributed by atoms with Crippen LogP contribution in [0.1, 0.15) is 24.1 Å². The molecule has 1 nitrogen and oxygen atoms in total. The lowest BCUT2D eigenvalue weighted by Gasteiger charge is -2.15. The molecule has 0 bridgehead atoms. The van der Waals surface area contributed by atoms with E-state index in [9.17, 15) is 13.2 Å². The molecular formula is C11H8F3N. The molecule has 0 saturated heterocycles. The summed E-state index contributed by atoms with van der Waals surface area (Å²) in [6.45, 7) is 0. The molecule has 4 heteroatoms. The summed E-state index contributed by atoms with van der Waals surface area (Å²) in [5, 5.41) is 0. The molecule has 15 heavy (non-hydrogen) atoms. The Balaban J connectivity index is 2.54. The quantitative estimate of drug-likeness (QED) is 0.651. The molecule has 1 saturated carbocycles. The van der Waals surface area contributed by atoms with Crippen LogP contribution >= 0.6 is 0 Å². The maximum Gasteiger partial charge on any atom is 0.433 e. The van der Waals surface area contributed by atoms with Crippen molar-refractivity contribution in [2.75, 3.05) is 0 Å². The van der Waals surface area contributed by atoms with Crippen LogP contribution in [0.4, 0.5) is 13.2 Å². The first-order valence-corrected chi connectivity index (χ1v) is 4.50. The van der Waals surface area contributed by atoms with Crippen LogP contribution in [0, 0.1) is 12.3 Å². The average molecular weight is 211 g/mol. The lowest BCUT2D eigenvalue weighted by atomic mass is 9.95. The van der Waals surface area contributed by atoms with Crippen molar-refractivity contribution in [3.05, 3.63) is 29.6 Å². The van der Waals surface area contributed by atoms with Crippen molar-refractivity contribution in [2.45, 2.75) is 24.4 Å². The molecule has 0 N–H and O–H groups in total. The Morgan fingerprint density at radius 3 is 2.53 bits per heavy atom. The van der Waals surface area contributed by atoms with Crippen LogP contribution < -0.4 is 0 Å². The number of pyridine rings is 1. The second-order valence-electron chi connectivity index (χ2n) is 3.62. The molecule has 0 spiro atoms. The molecule has 0 unspecified atom stereocenters. The van der Waals surface area contributed by atoms with E-state index in [-0.39, 0.29) is 5.56 Å². The highest BCUT2D eigenvalue weighted by Gasteiger charge is 2.49. The standard InChI is InChI=1S/C11H8F3N/c1-2-10(5-6-10)8-4-3-7-15-9(8)11(12,13)14/h1,3-4,7H,5-6H2. The fraction of sp³-hybridized carbons (Fsp3) is 0.364. The van der Waals surface area contributed by atoms with E-state index in [4.69, 9.17) is 6.42 Å². The Kier molecular flexibility index (Phi) is 2.00. The number of hydrogen-bond donors (Lipinski definition) is 0. The second-order valence-corrected chi connectivity index (χ2v) is 3.62. The Hall–Kier alpha value is -1.50. The number of halogens is 3. The van der Waals surface area contributed by atoms with Crippen molar-refractivity contribution < 1.29 is 13.2 Å². The van der Waals surface area contributed by atoms with Gasteiger partial charge in [0, 0.05) is 11.8 Å². The van der Waals surface area contributed by atoms with E-state index in [1.807, 2.05) is 0 Å². The summed E-state index contributed by atoms with van der Waals surface area (Å²) in [5.41, 5.74) is -1.43. The summed E-state index contributed by atoms with van der Waals surface area (Å²) >= 11 is 0. The topological polar surface area (TPSA) is 12.9 Å². The maximum atomic E-state index is 12.6. The van der Waals surface area contributed by atoms with Gasteiger partial charge in [0.1, 0.15) is 5.69 Å². The highest BCUT2D eigenvalue weighted by molar-refractivity contribution is 5.43. The minimum atomic E-state index is -4.43. The van der Waals surface area contributed by atoms with Gasteiger partial charge >= 0.3 is 6.18 Å². The Bertz CT molecular complexity index is 424. The normalized spacial score (nSPS) is 18.3. The first kappa shape index (κ1) is 10.0. The third-order valence-electron chi connectivity index (χ3n) is 2.62. The van der Waals surface area contributed by atoms with Gasteiger partial charge in [-0.3, -0.25) is 4.98 Å². The zero-order chi connectivity index (χ0) is 11.1. The van der Waals surface area contributed by atoms with E-state index >= 15 is 0 Å². The molecule has 1 heterocycles. The Morgan fingerprint density at radius 2 is 2.07 bits per heavy atom. The van der Waals surface area contributed by atoms with Gasteiger partial charge in [0.05, 0.1) is 5.41 Å². The van der Waals surface area contributed by atoms with Gasteiger partial charge in [0.15, 0.2) is 0 Å². The predicted molar refractivity (Wildman–Crippen MR) is 49.0 cm³/mol. The summed E-state index contributed by atoms with van der Waals surface area (Å²) in [7, 11) is 0. The van der Waals surface area contributed by atoms with E-state index in [0.29, 0.717) is 12.8 Å². The number of aromatic nitrogens is 1. The first-order chi connectivity index (χ1) is 6.99. The number of hydrogen-bond acceptors (Lipinski definition) is 1. The molecule has 0 radical (unpaired) electrons. The first-order valence-electron chi connectivity index (χ1n) is 4.50. The summed E-state index contributed by atoms with van der Waals surface area (Å²) < 4.78 is 37.8. The molecule has 1 aromatic heterocycles. The third-order valence-corrected chi connectivity index (χ3v) is 2.62. The third kappa shape index (κ3) is 1.58. The minimum Gasteiger partial charge on any atom is -0.251 e. The lowest BCUT2D eigenvalue weighted by molar-refractivity contribution is -0.142. The van der Waals surface area contributed by atoms with Gasteiger partial charge in [0.2, 0.25) is 0 Å².